The van der Waals surface area contributed by atoms with Gasteiger partial charge in [-0.25, -0.2) is 0 Å². The Balaban J connectivity index is 0.000000444. The third kappa shape index (κ3) is 9.38. The Morgan fingerprint density at radius 1 is 1.00 bits per heavy atom. The second-order valence-electron chi connectivity index (χ2n) is 6.31. The van der Waals surface area contributed by atoms with Gasteiger partial charge in [-0.3, -0.25) is 0 Å². The Kier molecular flexibility index (Phi) is 12.9. The molecule has 1 unspecified atom stereocenters. The lowest BCUT2D eigenvalue weighted by Gasteiger charge is -2.13. The maximum absolute atomic E-state index is 8.81. The van der Waals surface area contributed by atoms with E-state index in [1.807, 2.05) is 39.7 Å². The first-order chi connectivity index (χ1) is 12.5. The van der Waals surface area contributed by atoms with Crippen LogP contribution < -0.4 is 0 Å². The van der Waals surface area contributed by atoms with E-state index >= 15 is 0 Å². The van der Waals surface area contributed by atoms with E-state index in [1.165, 1.54) is 17.5 Å². The van der Waals surface area contributed by atoms with Crippen LogP contribution in [-0.4, -0.2) is 25.1 Å². The molecule has 0 aromatic heterocycles. The molecule has 0 saturated carbocycles. The highest BCUT2D eigenvalue weighted by molar-refractivity contribution is 5.25. The molecule has 3 rings (SSSR count). The van der Waals surface area contributed by atoms with Crippen molar-refractivity contribution >= 4 is 6.79 Å². The number of aryl methyl sites for hydroxylation is 2. The van der Waals surface area contributed by atoms with Crippen LogP contribution >= 0.6 is 0 Å². The van der Waals surface area contributed by atoms with Crippen LogP contribution in [0.4, 0.5) is 0 Å². The normalized spacial score (nSPS) is 17.6. The lowest BCUT2D eigenvalue weighted by molar-refractivity contribution is -0.0979. The first-order valence-electron chi connectivity index (χ1n) is 9.22. The predicted molar refractivity (Wildman–Crippen MR) is 110 cm³/mol. The van der Waals surface area contributed by atoms with Crippen LogP contribution in [0.25, 0.3) is 0 Å². The number of hydrogen-bond acceptors (Lipinski definition) is 3. The van der Waals surface area contributed by atoms with Gasteiger partial charge < -0.3 is 14.6 Å². The Labute approximate surface area is 159 Å². The van der Waals surface area contributed by atoms with Crippen molar-refractivity contribution in [2.45, 2.75) is 41.0 Å². The number of ether oxygens (including phenoxy) is 1. The van der Waals surface area contributed by atoms with E-state index in [9.17, 15) is 0 Å². The van der Waals surface area contributed by atoms with Gasteiger partial charge in [0.1, 0.15) is 12.5 Å². The molecule has 1 fully saturated rings. The van der Waals surface area contributed by atoms with Gasteiger partial charge in [-0.1, -0.05) is 62.7 Å². The molecule has 3 heteroatoms. The molecule has 1 aliphatic rings. The van der Waals surface area contributed by atoms with Gasteiger partial charge in [0.25, 0.3) is 0 Å². The van der Waals surface area contributed by atoms with E-state index in [-0.39, 0.29) is 0 Å². The van der Waals surface area contributed by atoms with Crippen molar-refractivity contribution in [1.82, 2.24) is 0 Å². The number of phenols is 1. The summed E-state index contributed by atoms with van der Waals surface area (Å²) < 4.78 is 5.47. The third-order valence-electron chi connectivity index (χ3n) is 4.10. The molecule has 0 aliphatic carbocycles. The number of rotatable bonds is 2. The number of hydrogen-bond donors (Lipinski definition) is 1. The summed E-state index contributed by atoms with van der Waals surface area (Å²) in [7, 11) is 0. The number of benzene rings is 2. The molecule has 2 aromatic rings. The number of carbonyl (C=O) groups is 1. The zero-order chi connectivity index (χ0) is 19.9. The number of phenolic OH excluding ortho intramolecular Hbond substituents is 1. The van der Waals surface area contributed by atoms with Gasteiger partial charge in [-0.2, -0.15) is 0 Å². The van der Waals surface area contributed by atoms with E-state index < -0.39 is 0 Å². The molecule has 2 aromatic carbocycles. The second-order valence-corrected chi connectivity index (χ2v) is 6.31. The van der Waals surface area contributed by atoms with Gasteiger partial charge in [0, 0.05) is 6.61 Å². The van der Waals surface area contributed by atoms with Gasteiger partial charge in [0.05, 0.1) is 6.61 Å². The third-order valence-corrected chi connectivity index (χ3v) is 4.10. The maximum atomic E-state index is 8.81. The lowest BCUT2D eigenvalue weighted by Crippen LogP contribution is -2.11. The minimum Gasteiger partial charge on any atom is -0.508 e. The summed E-state index contributed by atoms with van der Waals surface area (Å²) in [6, 6.07) is 15.9. The Morgan fingerprint density at radius 3 is 2.00 bits per heavy atom. The van der Waals surface area contributed by atoms with Gasteiger partial charge in [0.2, 0.25) is 0 Å². The highest BCUT2D eigenvalue weighted by Crippen LogP contribution is 2.24. The van der Waals surface area contributed by atoms with Crippen molar-refractivity contribution < 1.29 is 14.6 Å². The van der Waals surface area contributed by atoms with Crippen LogP contribution in [0.1, 0.15) is 37.5 Å². The SMILES string of the molecule is C=O.CC.Cc1cccc(C[C@@H]2COCC2C)c1.Cc1cccc(O)c1. The summed E-state index contributed by atoms with van der Waals surface area (Å²) in [5.41, 5.74) is 3.89. The van der Waals surface area contributed by atoms with Crippen LogP contribution in [0.3, 0.4) is 0 Å². The van der Waals surface area contributed by atoms with E-state index in [1.54, 1.807) is 12.1 Å². The van der Waals surface area contributed by atoms with E-state index in [2.05, 4.69) is 38.1 Å². The smallest absolute Gasteiger partial charge is 0.115 e. The molecule has 26 heavy (non-hydrogen) atoms. The maximum Gasteiger partial charge on any atom is 0.115 e. The first-order valence-corrected chi connectivity index (χ1v) is 9.22. The molecule has 1 heterocycles. The van der Waals surface area contributed by atoms with Crippen molar-refractivity contribution in [2.24, 2.45) is 11.8 Å². The molecular weight excluding hydrogens is 324 g/mol. The molecule has 0 bridgehead atoms. The van der Waals surface area contributed by atoms with Crippen LogP contribution in [0, 0.1) is 25.7 Å². The van der Waals surface area contributed by atoms with E-state index in [4.69, 9.17) is 14.6 Å². The topological polar surface area (TPSA) is 46.5 Å². The van der Waals surface area contributed by atoms with Gasteiger partial charge in [0.15, 0.2) is 0 Å². The van der Waals surface area contributed by atoms with Gasteiger partial charge in [-0.05, 0) is 55.4 Å². The first kappa shape index (κ1) is 23.9. The fourth-order valence-electron chi connectivity index (χ4n) is 2.74. The predicted octanol–water partition coefficient (Wildman–Crippen LogP) is 5.36. The Hall–Kier alpha value is -2.13. The van der Waals surface area contributed by atoms with Crippen molar-refractivity contribution in [1.29, 1.82) is 0 Å². The fourth-order valence-corrected chi connectivity index (χ4v) is 2.74. The largest absolute Gasteiger partial charge is 0.508 e. The van der Waals surface area contributed by atoms with Crippen LogP contribution in [0.15, 0.2) is 48.5 Å². The lowest BCUT2D eigenvalue weighted by atomic mass is 9.91. The summed E-state index contributed by atoms with van der Waals surface area (Å²) in [5.74, 6) is 1.78. The standard InChI is InChI=1S/C13H18O.C7H8O.C2H6.CH2O/c1-10-4-3-5-12(6-10)7-13-9-14-8-11(13)2;1-6-3-2-4-7(8)5-6;2*1-2/h3-6,11,13H,7-9H2,1-2H3;2-5,8H,1H3;1-2H3;1H2/t11?,13-;;;/m1.../s1. The Morgan fingerprint density at radius 2 is 1.58 bits per heavy atom. The average Bonchev–Trinajstić information content (AvgIpc) is 3.04. The molecule has 1 N–H and O–H groups in total. The van der Waals surface area contributed by atoms with Crippen LogP contribution in [0.5, 0.6) is 5.75 Å². The van der Waals surface area contributed by atoms with Crippen molar-refractivity contribution in [3.05, 3.63) is 65.2 Å². The number of carbonyl (C=O) groups excluding carboxylic acids is 1. The van der Waals surface area contributed by atoms with E-state index in [0.717, 1.165) is 30.6 Å². The second kappa shape index (κ2) is 14.1. The summed E-state index contributed by atoms with van der Waals surface area (Å²) in [6.07, 6.45) is 1.17. The molecule has 0 amide bonds. The van der Waals surface area contributed by atoms with E-state index in [0.29, 0.717) is 5.75 Å². The van der Waals surface area contributed by atoms with Crippen LogP contribution in [-0.2, 0) is 16.0 Å². The molecule has 0 spiro atoms. The molecule has 144 valence electrons. The van der Waals surface area contributed by atoms with Crippen LogP contribution in [0.2, 0.25) is 0 Å². The molecular formula is C23H34O3. The monoisotopic (exact) mass is 358 g/mol. The average molecular weight is 359 g/mol. The molecule has 1 saturated heterocycles. The summed E-state index contributed by atoms with van der Waals surface area (Å²) in [5, 5.41) is 8.81. The zero-order valence-electron chi connectivity index (χ0n) is 16.9. The summed E-state index contributed by atoms with van der Waals surface area (Å²) in [6.45, 7) is 14.3. The van der Waals surface area contributed by atoms with Gasteiger partial charge >= 0.3 is 0 Å². The highest BCUT2D eigenvalue weighted by Gasteiger charge is 2.24. The molecule has 0 radical (unpaired) electrons. The molecule has 2 atom stereocenters. The minimum atomic E-state index is 0.338. The quantitative estimate of drug-likeness (QED) is 0.786. The number of aromatic hydroxyl groups is 1. The zero-order valence-corrected chi connectivity index (χ0v) is 16.9. The molecule has 3 nitrogen and oxygen atoms in total. The summed E-state index contributed by atoms with van der Waals surface area (Å²) >= 11 is 0. The van der Waals surface area contributed by atoms with Gasteiger partial charge in [-0.15, -0.1) is 0 Å². The Bertz CT molecular complexity index is 593. The summed E-state index contributed by atoms with van der Waals surface area (Å²) in [4.78, 5) is 8.00. The van der Waals surface area contributed by atoms with Crippen molar-refractivity contribution in [3.8, 4) is 5.75 Å². The molecule has 1 aliphatic heterocycles. The highest BCUT2D eigenvalue weighted by atomic mass is 16.5. The fraction of sp³-hybridized carbons (Fsp3) is 0.435. The minimum absolute atomic E-state index is 0.338. The van der Waals surface area contributed by atoms with Crippen molar-refractivity contribution in [3.63, 3.8) is 0 Å². The van der Waals surface area contributed by atoms with Crippen molar-refractivity contribution in [2.75, 3.05) is 13.2 Å².